The van der Waals surface area contributed by atoms with E-state index in [0.29, 0.717) is 18.5 Å². The number of rotatable bonds is 5. The van der Waals surface area contributed by atoms with Crippen LogP contribution in [0.2, 0.25) is 0 Å². The first-order valence-corrected chi connectivity index (χ1v) is 12.5. The maximum absolute atomic E-state index is 13.1. The molecule has 1 saturated heterocycles. The van der Waals surface area contributed by atoms with Crippen molar-refractivity contribution in [1.29, 1.82) is 0 Å². The molecule has 8 heteroatoms. The van der Waals surface area contributed by atoms with Gasteiger partial charge in [0.1, 0.15) is 17.6 Å². The van der Waals surface area contributed by atoms with Crippen LogP contribution in [0, 0.1) is 0 Å². The number of methoxy groups -OCH3 is 1. The Morgan fingerprint density at radius 1 is 0.921 bits per heavy atom. The van der Waals surface area contributed by atoms with Gasteiger partial charge in [-0.25, -0.2) is 4.98 Å². The molecule has 2 aliphatic rings. The van der Waals surface area contributed by atoms with E-state index in [-0.39, 0.29) is 18.2 Å². The number of hydrogen-bond acceptors (Lipinski definition) is 5. The van der Waals surface area contributed by atoms with Crippen LogP contribution in [0.5, 0.6) is 5.75 Å². The van der Waals surface area contributed by atoms with Crippen molar-refractivity contribution in [3.63, 3.8) is 0 Å². The number of ether oxygens (including phenoxy) is 1. The highest BCUT2D eigenvalue weighted by atomic mass is 16.5. The molecule has 1 N–H and O–H groups in total. The van der Waals surface area contributed by atoms with Crippen LogP contribution in [0.4, 0.5) is 0 Å². The van der Waals surface area contributed by atoms with E-state index in [0.717, 1.165) is 45.2 Å². The zero-order valence-corrected chi connectivity index (χ0v) is 21.1. The molecule has 3 amide bonds. The van der Waals surface area contributed by atoms with Crippen molar-refractivity contribution in [2.45, 2.75) is 25.4 Å². The van der Waals surface area contributed by atoms with E-state index in [1.165, 1.54) is 0 Å². The van der Waals surface area contributed by atoms with Gasteiger partial charge in [-0.3, -0.25) is 19.7 Å². The summed E-state index contributed by atoms with van der Waals surface area (Å²) in [5.74, 6) is 0.646. The van der Waals surface area contributed by atoms with Gasteiger partial charge in [-0.2, -0.15) is 0 Å². The number of imide groups is 1. The lowest BCUT2D eigenvalue weighted by atomic mass is 10.0. The summed E-state index contributed by atoms with van der Waals surface area (Å²) in [6.45, 7) is 0.315. The van der Waals surface area contributed by atoms with Crippen LogP contribution in [-0.4, -0.2) is 45.3 Å². The third-order valence-electron chi connectivity index (χ3n) is 7.29. The predicted molar refractivity (Wildman–Crippen MR) is 142 cm³/mol. The van der Waals surface area contributed by atoms with E-state index in [9.17, 15) is 14.4 Å². The molecule has 2 aliphatic heterocycles. The van der Waals surface area contributed by atoms with Gasteiger partial charge in [-0.1, -0.05) is 36.4 Å². The molecule has 0 aliphatic carbocycles. The molecule has 0 bridgehead atoms. The molecule has 3 heterocycles. The Balaban J connectivity index is 1.40. The summed E-state index contributed by atoms with van der Waals surface area (Å²) < 4.78 is 7.41. The summed E-state index contributed by atoms with van der Waals surface area (Å²) in [5.41, 5.74) is 6.12. The third-order valence-corrected chi connectivity index (χ3v) is 7.29. The SMILES string of the molecule is COc1ccc(-c2c(-c3ccccc3)nc(-c3ccc4c(c3)CN(C3CCC(=O)NC3=O)C4=O)n2C)cc1. The highest BCUT2D eigenvalue weighted by molar-refractivity contribution is 6.05. The average Bonchev–Trinajstić information content (AvgIpc) is 3.45. The molecule has 4 aromatic rings. The van der Waals surface area contributed by atoms with Crippen LogP contribution < -0.4 is 10.1 Å². The largest absolute Gasteiger partial charge is 0.497 e. The van der Waals surface area contributed by atoms with Crippen molar-refractivity contribution in [3.05, 3.63) is 83.9 Å². The van der Waals surface area contributed by atoms with Gasteiger partial charge in [-0.05, 0) is 48.4 Å². The van der Waals surface area contributed by atoms with E-state index in [1.807, 2.05) is 79.8 Å². The second kappa shape index (κ2) is 9.30. The number of benzene rings is 3. The Bertz CT molecular complexity index is 1570. The van der Waals surface area contributed by atoms with Gasteiger partial charge in [0.15, 0.2) is 0 Å². The van der Waals surface area contributed by atoms with Crippen LogP contribution in [0.3, 0.4) is 0 Å². The van der Waals surface area contributed by atoms with E-state index in [2.05, 4.69) is 9.88 Å². The number of carbonyl (C=O) groups is 3. The standard InChI is InChI=1S/C30H26N4O4/c1-33-27(19-8-11-22(38-2)12-9-19)26(18-6-4-3-5-7-18)32-28(33)20-10-13-23-21(16-20)17-34(30(23)37)24-14-15-25(35)31-29(24)36/h3-13,16,24H,14-15,17H2,1-2H3,(H,31,35,36). The minimum atomic E-state index is -0.643. The second-order valence-corrected chi connectivity index (χ2v) is 9.56. The number of nitrogens with zero attached hydrogens (tertiary/aromatic N) is 3. The average molecular weight is 507 g/mol. The van der Waals surface area contributed by atoms with Gasteiger partial charge in [-0.15, -0.1) is 0 Å². The number of aromatic nitrogens is 2. The molecular weight excluding hydrogens is 480 g/mol. The van der Waals surface area contributed by atoms with Gasteiger partial charge in [0.05, 0.1) is 18.5 Å². The van der Waals surface area contributed by atoms with E-state index < -0.39 is 11.9 Å². The van der Waals surface area contributed by atoms with Gasteiger partial charge in [0, 0.05) is 42.3 Å². The summed E-state index contributed by atoms with van der Waals surface area (Å²) in [7, 11) is 3.63. The molecule has 3 aromatic carbocycles. The fraction of sp³-hybridized carbons (Fsp3) is 0.200. The van der Waals surface area contributed by atoms with E-state index in [1.54, 1.807) is 12.0 Å². The van der Waals surface area contributed by atoms with E-state index in [4.69, 9.17) is 9.72 Å². The van der Waals surface area contributed by atoms with Crippen molar-refractivity contribution >= 4 is 17.7 Å². The summed E-state index contributed by atoms with van der Waals surface area (Å²) in [6, 6.07) is 23.0. The summed E-state index contributed by atoms with van der Waals surface area (Å²) in [6.07, 6.45) is 0.563. The molecule has 0 spiro atoms. The predicted octanol–water partition coefficient (Wildman–Crippen LogP) is 4.19. The molecule has 0 radical (unpaired) electrons. The number of amides is 3. The normalized spacial score (nSPS) is 16.9. The van der Waals surface area contributed by atoms with Crippen LogP contribution >= 0.6 is 0 Å². The van der Waals surface area contributed by atoms with Gasteiger partial charge >= 0.3 is 0 Å². The lowest BCUT2D eigenvalue weighted by Crippen LogP contribution is -2.52. The maximum atomic E-state index is 13.1. The number of piperidine rings is 1. The minimum Gasteiger partial charge on any atom is -0.497 e. The highest BCUT2D eigenvalue weighted by Crippen LogP contribution is 2.37. The number of imidazole rings is 1. The fourth-order valence-corrected chi connectivity index (χ4v) is 5.35. The minimum absolute atomic E-state index is 0.190. The monoisotopic (exact) mass is 506 g/mol. The molecule has 0 saturated carbocycles. The molecule has 8 nitrogen and oxygen atoms in total. The molecule has 1 aromatic heterocycles. The Hall–Kier alpha value is -4.72. The van der Waals surface area contributed by atoms with Crippen molar-refractivity contribution in [3.8, 4) is 39.7 Å². The van der Waals surface area contributed by atoms with Crippen molar-refractivity contribution in [2.75, 3.05) is 7.11 Å². The lowest BCUT2D eigenvalue weighted by molar-refractivity contribution is -0.136. The first kappa shape index (κ1) is 23.7. The first-order chi connectivity index (χ1) is 18.4. The Morgan fingerprint density at radius 2 is 1.66 bits per heavy atom. The quantitative estimate of drug-likeness (QED) is 0.410. The summed E-state index contributed by atoms with van der Waals surface area (Å²) in [5, 5.41) is 2.35. The summed E-state index contributed by atoms with van der Waals surface area (Å²) >= 11 is 0. The van der Waals surface area contributed by atoms with Crippen LogP contribution in [0.15, 0.2) is 72.8 Å². The van der Waals surface area contributed by atoms with Crippen LogP contribution in [0.25, 0.3) is 33.9 Å². The molecule has 1 fully saturated rings. The van der Waals surface area contributed by atoms with E-state index >= 15 is 0 Å². The van der Waals surface area contributed by atoms with Crippen molar-refractivity contribution < 1.29 is 19.1 Å². The molecule has 1 unspecified atom stereocenters. The molecular formula is C30H26N4O4. The molecule has 6 rings (SSSR count). The molecule has 190 valence electrons. The summed E-state index contributed by atoms with van der Waals surface area (Å²) in [4.78, 5) is 43.8. The van der Waals surface area contributed by atoms with Gasteiger partial charge in [0.25, 0.3) is 5.91 Å². The zero-order valence-electron chi connectivity index (χ0n) is 21.1. The maximum Gasteiger partial charge on any atom is 0.255 e. The number of carbonyl (C=O) groups excluding carboxylic acids is 3. The zero-order chi connectivity index (χ0) is 26.4. The molecule has 38 heavy (non-hydrogen) atoms. The fourth-order valence-electron chi connectivity index (χ4n) is 5.35. The lowest BCUT2D eigenvalue weighted by Gasteiger charge is -2.29. The Morgan fingerprint density at radius 3 is 2.37 bits per heavy atom. The first-order valence-electron chi connectivity index (χ1n) is 12.5. The van der Waals surface area contributed by atoms with Crippen molar-refractivity contribution in [2.24, 2.45) is 7.05 Å². The van der Waals surface area contributed by atoms with Gasteiger partial charge < -0.3 is 14.2 Å². The third kappa shape index (κ3) is 3.94. The topological polar surface area (TPSA) is 93.5 Å². The van der Waals surface area contributed by atoms with Crippen LogP contribution in [0.1, 0.15) is 28.8 Å². The Labute approximate surface area is 219 Å². The van der Waals surface area contributed by atoms with Gasteiger partial charge in [0.2, 0.25) is 11.8 Å². The second-order valence-electron chi connectivity index (χ2n) is 9.56. The van der Waals surface area contributed by atoms with Crippen molar-refractivity contribution in [1.82, 2.24) is 19.8 Å². The van der Waals surface area contributed by atoms with Crippen LogP contribution in [-0.2, 0) is 23.2 Å². The number of nitrogens with one attached hydrogen (secondary N) is 1. The Kier molecular flexibility index (Phi) is 5.79. The number of fused-ring (bicyclic) bond motifs is 1. The highest BCUT2D eigenvalue weighted by Gasteiger charge is 2.39. The smallest absolute Gasteiger partial charge is 0.255 e. The molecule has 1 atom stereocenters. The number of hydrogen-bond donors (Lipinski definition) is 1.